The third-order valence-corrected chi connectivity index (χ3v) is 4.80. The minimum absolute atomic E-state index is 0.176. The van der Waals surface area contributed by atoms with Crippen molar-refractivity contribution >= 4 is 17.7 Å². The van der Waals surface area contributed by atoms with Gasteiger partial charge in [0.2, 0.25) is 5.91 Å². The summed E-state index contributed by atoms with van der Waals surface area (Å²) in [7, 11) is 0. The maximum Gasteiger partial charge on any atom is 0.235 e. The fourth-order valence-electron chi connectivity index (χ4n) is 1.99. The van der Waals surface area contributed by atoms with E-state index in [1.54, 1.807) is 11.8 Å². The van der Waals surface area contributed by atoms with Gasteiger partial charge in [-0.2, -0.15) is 0 Å². The number of carbonyl (C=O) groups excluding carboxylic acids is 1. The molecular formula is C11H19NO2S. The molecule has 2 aliphatic rings. The minimum Gasteiger partial charge on any atom is -0.380 e. The number of ether oxygens (including phenoxy) is 1. The summed E-state index contributed by atoms with van der Waals surface area (Å²) in [4.78, 5) is 12.0. The number of carbonyl (C=O) groups is 1. The number of thioether (sulfide) groups is 1. The number of nitrogens with one attached hydrogen (secondary N) is 1. The van der Waals surface area contributed by atoms with E-state index in [0.717, 1.165) is 38.4 Å². The van der Waals surface area contributed by atoms with Crippen LogP contribution in [-0.2, 0) is 9.53 Å². The van der Waals surface area contributed by atoms with Crippen molar-refractivity contribution in [3.8, 4) is 0 Å². The molecule has 4 heteroatoms. The molecule has 2 aliphatic heterocycles. The molecule has 1 unspecified atom stereocenters. The number of rotatable bonds is 3. The van der Waals surface area contributed by atoms with Crippen molar-refractivity contribution in [2.45, 2.75) is 31.4 Å². The standard InChI is InChI=1S/C11H19NO2S/c1-10(7-14-8-10)6-12-9(13)11(2)4-3-5-15-11/h3-8H2,1-2H3,(H,12,13). The maximum absolute atomic E-state index is 12.0. The minimum atomic E-state index is -0.180. The Balaban J connectivity index is 1.81. The molecule has 0 aromatic rings. The highest BCUT2D eigenvalue weighted by molar-refractivity contribution is 8.01. The fraction of sp³-hybridized carbons (Fsp3) is 0.909. The Morgan fingerprint density at radius 1 is 1.47 bits per heavy atom. The number of amides is 1. The van der Waals surface area contributed by atoms with E-state index in [2.05, 4.69) is 19.2 Å². The molecule has 0 spiro atoms. The molecule has 0 aromatic carbocycles. The van der Waals surface area contributed by atoms with Crippen LogP contribution in [0.2, 0.25) is 0 Å². The van der Waals surface area contributed by atoms with Gasteiger partial charge in [0, 0.05) is 12.0 Å². The zero-order chi connectivity index (χ0) is 10.9. The van der Waals surface area contributed by atoms with Crippen LogP contribution in [-0.4, -0.2) is 36.2 Å². The Labute approximate surface area is 95.3 Å². The summed E-state index contributed by atoms with van der Waals surface area (Å²) < 4.78 is 4.98. The number of hydrogen-bond acceptors (Lipinski definition) is 3. The van der Waals surface area contributed by atoms with Crippen LogP contribution in [0.5, 0.6) is 0 Å². The van der Waals surface area contributed by atoms with Gasteiger partial charge in [-0.25, -0.2) is 0 Å². The van der Waals surface area contributed by atoms with E-state index in [4.69, 9.17) is 4.74 Å². The Morgan fingerprint density at radius 2 is 2.20 bits per heavy atom. The monoisotopic (exact) mass is 229 g/mol. The molecule has 0 bridgehead atoms. The summed E-state index contributed by atoms with van der Waals surface area (Å²) in [5.74, 6) is 1.32. The molecule has 0 aliphatic carbocycles. The third-order valence-electron chi connectivity index (χ3n) is 3.28. The third kappa shape index (κ3) is 2.31. The molecule has 3 nitrogen and oxygen atoms in total. The van der Waals surface area contributed by atoms with E-state index in [9.17, 15) is 4.79 Å². The summed E-state index contributed by atoms with van der Waals surface area (Å²) in [5.41, 5.74) is 0.176. The first-order chi connectivity index (χ1) is 7.04. The molecule has 1 N–H and O–H groups in total. The Hall–Kier alpha value is -0.220. The van der Waals surface area contributed by atoms with E-state index in [1.165, 1.54) is 0 Å². The lowest BCUT2D eigenvalue weighted by molar-refractivity contribution is -0.128. The predicted octanol–water partition coefficient (Wildman–Crippen LogP) is 1.42. The first kappa shape index (κ1) is 11.3. The average Bonchev–Trinajstić information content (AvgIpc) is 2.60. The van der Waals surface area contributed by atoms with Crippen LogP contribution in [0.4, 0.5) is 0 Å². The van der Waals surface area contributed by atoms with E-state index >= 15 is 0 Å². The predicted molar refractivity (Wildman–Crippen MR) is 62.0 cm³/mol. The van der Waals surface area contributed by atoms with Crippen LogP contribution in [0.25, 0.3) is 0 Å². The zero-order valence-electron chi connectivity index (χ0n) is 9.47. The van der Waals surface area contributed by atoms with Crippen molar-refractivity contribution in [3.05, 3.63) is 0 Å². The first-order valence-electron chi connectivity index (χ1n) is 5.54. The summed E-state index contributed by atoms with van der Waals surface area (Å²) in [6, 6.07) is 0. The highest BCUT2D eigenvalue weighted by Crippen LogP contribution is 2.38. The van der Waals surface area contributed by atoms with Crippen LogP contribution in [0.3, 0.4) is 0 Å². The lowest BCUT2D eigenvalue weighted by atomic mass is 9.88. The summed E-state index contributed by atoms with van der Waals surface area (Å²) in [6.45, 7) is 6.51. The van der Waals surface area contributed by atoms with Crippen molar-refractivity contribution in [1.29, 1.82) is 0 Å². The van der Waals surface area contributed by atoms with Gasteiger partial charge in [0.05, 0.1) is 18.0 Å². The molecule has 2 heterocycles. The van der Waals surface area contributed by atoms with Gasteiger partial charge in [-0.3, -0.25) is 4.79 Å². The second-order valence-corrected chi connectivity index (χ2v) is 6.77. The fourth-order valence-corrected chi connectivity index (χ4v) is 3.22. The molecule has 1 amide bonds. The summed E-state index contributed by atoms with van der Waals surface area (Å²) in [5, 5.41) is 3.07. The van der Waals surface area contributed by atoms with E-state index in [-0.39, 0.29) is 16.1 Å². The van der Waals surface area contributed by atoms with Gasteiger partial charge in [-0.1, -0.05) is 6.92 Å². The van der Waals surface area contributed by atoms with Crippen molar-refractivity contribution < 1.29 is 9.53 Å². The highest BCUT2D eigenvalue weighted by Gasteiger charge is 2.39. The van der Waals surface area contributed by atoms with Crippen molar-refractivity contribution in [1.82, 2.24) is 5.32 Å². The first-order valence-corrected chi connectivity index (χ1v) is 6.53. The molecule has 2 fully saturated rings. The topological polar surface area (TPSA) is 38.3 Å². The maximum atomic E-state index is 12.0. The Kier molecular flexibility index (Phi) is 2.99. The van der Waals surface area contributed by atoms with E-state index < -0.39 is 0 Å². The van der Waals surface area contributed by atoms with Crippen LogP contribution in [0.15, 0.2) is 0 Å². The number of hydrogen-bond donors (Lipinski definition) is 1. The van der Waals surface area contributed by atoms with Crippen molar-refractivity contribution in [3.63, 3.8) is 0 Å². The average molecular weight is 229 g/mol. The molecule has 0 aromatic heterocycles. The van der Waals surface area contributed by atoms with Crippen LogP contribution < -0.4 is 5.32 Å². The Bertz CT molecular complexity index is 257. The molecule has 2 saturated heterocycles. The van der Waals surface area contributed by atoms with Gasteiger partial charge in [-0.15, -0.1) is 11.8 Å². The van der Waals surface area contributed by atoms with Gasteiger partial charge in [-0.05, 0) is 25.5 Å². The zero-order valence-corrected chi connectivity index (χ0v) is 10.3. The van der Waals surface area contributed by atoms with Gasteiger partial charge < -0.3 is 10.1 Å². The molecule has 15 heavy (non-hydrogen) atoms. The Morgan fingerprint density at radius 3 is 2.67 bits per heavy atom. The molecule has 0 saturated carbocycles. The quantitative estimate of drug-likeness (QED) is 0.795. The summed E-state index contributed by atoms with van der Waals surface area (Å²) >= 11 is 1.79. The van der Waals surface area contributed by atoms with Crippen LogP contribution in [0, 0.1) is 5.41 Å². The molecule has 2 rings (SSSR count). The van der Waals surface area contributed by atoms with Gasteiger partial charge >= 0.3 is 0 Å². The lowest BCUT2D eigenvalue weighted by Gasteiger charge is -2.38. The van der Waals surface area contributed by atoms with Crippen molar-refractivity contribution in [2.75, 3.05) is 25.5 Å². The molecule has 0 radical (unpaired) electrons. The van der Waals surface area contributed by atoms with Crippen LogP contribution >= 0.6 is 11.8 Å². The molecular weight excluding hydrogens is 210 g/mol. The van der Waals surface area contributed by atoms with Crippen LogP contribution in [0.1, 0.15) is 26.7 Å². The van der Waals surface area contributed by atoms with E-state index in [1.807, 2.05) is 0 Å². The second kappa shape index (κ2) is 3.98. The SMILES string of the molecule is CC1(CNC(=O)C2(C)CCCS2)COC1. The smallest absolute Gasteiger partial charge is 0.235 e. The van der Waals surface area contributed by atoms with Gasteiger partial charge in [0.1, 0.15) is 0 Å². The largest absolute Gasteiger partial charge is 0.380 e. The second-order valence-electron chi connectivity index (χ2n) is 5.17. The normalized spacial score (nSPS) is 33.5. The molecule has 1 atom stereocenters. The molecule has 86 valence electrons. The highest BCUT2D eigenvalue weighted by atomic mass is 32.2. The summed E-state index contributed by atoms with van der Waals surface area (Å²) in [6.07, 6.45) is 2.17. The lowest BCUT2D eigenvalue weighted by Crippen LogP contribution is -2.51. The van der Waals surface area contributed by atoms with Gasteiger partial charge in [0.15, 0.2) is 0 Å². The van der Waals surface area contributed by atoms with Gasteiger partial charge in [0.25, 0.3) is 0 Å². The van der Waals surface area contributed by atoms with E-state index in [0.29, 0.717) is 0 Å². The van der Waals surface area contributed by atoms with Crippen molar-refractivity contribution in [2.24, 2.45) is 5.41 Å².